The van der Waals surface area contributed by atoms with Gasteiger partial charge in [-0.05, 0) is 34.1 Å². The van der Waals surface area contributed by atoms with E-state index in [9.17, 15) is 4.79 Å². The summed E-state index contributed by atoms with van der Waals surface area (Å²) in [5.74, 6) is -0.0175. The molecule has 0 spiro atoms. The predicted octanol–water partition coefficient (Wildman–Crippen LogP) is 3.97. The van der Waals surface area contributed by atoms with E-state index in [1.54, 1.807) is 6.07 Å². The molecule has 0 aliphatic carbocycles. The maximum absolute atomic E-state index is 11.1. The molecule has 0 atom stereocenters. The standard InChI is InChI=1S/C12H8Br2ClNO3/c1-18-10(17)5-19-12-8(14)4-7(13)6-2-3-9(15)16-11(6)12/h2-4H,5H2,1H3. The Hall–Kier alpha value is -0.850. The van der Waals surface area contributed by atoms with Gasteiger partial charge >= 0.3 is 5.97 Å². The van der Waals surface area contributed by atoms with Crippen LogP contribution < -0.4 is 4.74 Å². The molecule has 7 heteroatoms. The molecule has 4 nitrogen and oxygen atoms in total. The number of pyridine rings is 1. The number of ether oxygens (including phenoxy) is 2. The minimum absolute atomic E-state index is 0.194. The van der Waals surface area contributed by atoms with E-state index >= 15 is 0 Å². The molecule has 2 aromatic rings. The molecule has 0 amide bonds. The first-order chi connectivity index (χ1) is 9.02. The minimum Gasteiger partial charge on any atom is -0.478 e. The first kappa shape index (κ1) is 14.6. The Morgan fingerprint density at radius 1 is 1.37 bits per heavy atom. The number of carbonyl (C=O) groups is 1. The number of benzene rings is 1. The van der Waals surface area contributed by atoms with Crippen molar-refractivity contribution >= 4 is 60.3 Å². The lowest BCUT2D eigenvalue weighted by Gasteiger charge is -2.11. The molecule has 1 aromatic carbocycles. The highest BCUT2D eigenvalue weighted by atomic mass is 79.9. The fourth-order valence-corrected chi connectivity index (χ4v) is 3.03. The Bertz CT molecular complexity index is 648. The van der Waals surface area contributed by atoms with Crippen LogP contribution in [-0.4, -0.2) is 24.7 Å². The Morgan fingerprint density at radius 2 is 2.11 bits per heavy atom. The van der Waals surface area contributed by atoms with Crippen LogP contribution >= 0.6 is 43.5 Å². The van der Waals surface area contributed by atoms with E-state index in [2.05, 4.69) is 41.6 Å². The average molecular weight is 409 g/mol. The highest BCUT2D eigenvalue weighted by Crippen LogP contribution is 2.38. The Morgan fingerprint density at radius 3 is 2.79 bits per heavy atom. The minimum atomic E-state index is -0.468. The normalized spacial score (nSPS) is 10.5. The molecule has 2 rings (SSSR count). The summed E-state index contributed by atoms with van der Waals surface area (Å²) in [5, 5.41) is 1.19. The van der Waals surface area contributed by atoms with Gasteiger partial charge in [-0.2, -0.15) is 0 Å². The maximum Gasteiger partial charge on any atom is 0.343 e. The number of carbonyl (C=O) groups excluding carboxylic acids is 1. The largest absolute Gasteiger partial charge is 0.478 e. The highest BCUT2D eigenvalue weighted by molar-refractivity contribution is 9.11. The van der Waals surface area contributed by atoms with Crippen molar-refractivity contribution in [1.82, 2.24) is 4.98 Å². The van der Waals surface area contributed by atoms with Gasteiger partial charge in [0.15, 0.2) is 12.4 Å². The van der Waals surface area contributed by atoms with Crippen LogP contribution in [-0.2, 0) is 9.53 Å². The lowest BCUT2D eigenvalue weighted by atomic mass is 10.2. The second-order valence-corrected chi connectivity index (χ2v) is 5.66. The fraction of sp³-hybridized carbons (Fsp3) is 0.167. The SMILES string of the molecule is COC(=O)COc1c(Br)cc(Br)c2ccc(Cl)nc12. The van der Waals surface area contributed by atoms with Crippen molar-refractivity contribution in [2.24, 2.45) is 0 Å². The van der Waals surface area contributed by atoms with Crippen molar-refractivity contribution in [3.63, 3.8) is 0 Å². The summed E-state index contributed by atoms with van der Waals surface area (Å²) in [7, 11) is 1.30. The van der Waals surface area contributed by atoms with Crippen molar-refractivity contribution in [1.29, 1.82) is 0 Å². The summed E-state index contributed by atoms with van der Waals surface area (Å²) in [6, 6.07) is 5.34. The topological polar surface area (TPSA) is 48.4 Å². The van der Waals surface area contributed by atoms with Crippen LogP contribution in [0.3, 0.4) is 0 Å². The van der Waals surface area contributed by atoms with Gasteiger partial charge in [0.2, 0.25) is 0 Å². The molecule has 1 heterocycles. The zero-order valence-corrected chi connectivity index (χ0v) is 13.7. The van der Waals surface area contributed by atoms with Crippen LogP contribution in [0, 0.1) is 0 Å². The smallest absolute Gasteiger partial charge is 0.343 e. The molecule has 1 aromatic heterocycles. The van der Waals surface area contributed by atoms with Gasteiger partial charge in [-0.1, -0.05) is 27.5 Å². The van der Waals surface area contributed by atoms with E-state index < -0.39 is 5.97 Å². The van der Waals surface area contributed by atoms with Crippen molar-refractivity contribution < 1.29 is 14.3 Å². The van der Waals surface area contributed by atoms with Crippen LogP contribution in [0.2, 0.25) is 5.15 Å². The third-order valence-corrected chi connectivity index (χ3v) is 3.82. The zero-order valence-electron chi connectivity index (χ0n) is 9.75. The van der Waals surface area contributed by atoms with E-state index in [-0.39, 0.29) is 6.61 Å². The number of aromatic nitrogens is 1. The number of methoxy groups -OCH3 is 1. The first-order valence-electron chi connectivity index (χ1n) is 5.17. The van der Waals surface area contributed by atoms with Crippen LogP contribution in [0.25, 0.3) is 10.9 Å². The maximum atomic E-state index is 11.1. The van der Waals surface area contributed by atoms with Gasteiger partial charge in [0, 0.05) is 9.86 Å². The number of esters is 1. The van der Waals surface area contributed by atoms with E-state index in [1.165, 1.54) is 7.11 Å². The lowest BCUT2D eigenvalue weighted by molar-refractivity contribution is -0.142. The van der Waals surface area contributed by atoms with Gasteiger partial charge in [0.05, 0.1) is 11.6 Å². The number of rotatable bonds is 3. The van der Waals surface area contributed by atoms with Gasteiger partial charge in [-0.15, -0.1) is 0 Å². The quantitative estimate of drug-likeness (QED) is 0.569. The third-order valence-electron chi connectivity index (χ3n) is 2.37. The van der Waals surface area contributed by atoms with E-state index in [1.807, 2.05) is 12.1 Å². The first-order valence-corrected chi connectivity index (χ1v) is 7.13. The summed E-state index contributed by atoms with van der Waals surface area (Å²) in [6.45, 7) is -0.194. The molecular weight excluding hydrogens is 401 g/mol. The van der Waals surface area contributed by atoms with Gasteiger partial charge < -0.3 is 9.47 Å². The predicted molar refractivity (Wildman–Crippen MR) is 79.7 cm³/mol. The van der Waals surface area contributed by atoms with E-state index in [0.29, 0.717) is 20.9 Å². The van der Waals surface area contributed by atoms with Crippen molar-refractivity contribution in [3.05, 3.63) is 32.3 Å². The third kappa shape index (κ3) is 3.19. The van der Waals surface area contributed by atoms with E-state index in [4.69, 9.17) is 16.3 Å². The average Bonchev–Trinajstić information content (AvgIpc) is 2.37. The molecule has 0 saturated heterocycles. The molecule has 0 saturated carbocycles. The number of halogens is 3. The second kappa shape index (κ2) is 6.07. The second-order valence-electron chi connectivity index (χ2n) is 3.56. The molecule has 19 heavy (non-hydrogen) atoms. The molecule has 0 radical (unpaired) electrons. The summed E-state index contributed by atoms with van der Waals surface area (Å²) in [4.78, 5) is 15.4. The monoisotopic (exact) mass is 407 g/mol. The number of hydrogen-bond acceptors (Lipinski definition) is 4. The molecule has 0 aliphatic heterocycles. The molecule has 0 unspecified atom stereocenters. The van der Waals surface area contributed by atoms with Gasteiger partial charge in [0.1, 0.15) is 10.7 Å². The fourth-order valence-electron chi connectivity index (χ4n) is 1.50. The lowest BCUT2D eigenvalue weighted by Crippen LogP contribution is -2.13. The van der Waals surface area contributed by atoms with Crippen molar-refractivity contribution in [3.8, 4) is 5.75 Å². The summed E-state index contributed by atoms with van der Waals surface area (Å²) >= 11 is 12.7. The van der Waals surface area contributed by atoms with Crippen molar-refractivity contribution in [2.75, 3.05) is 13.7 Å². The summed E-state index contributed by atoms with van der Waals surface area (Å²) in [5.41, 5.74) is 0.567. The van der Waals surface area contributed by atoms with Crippen LogP contribution in [0.5, 0.6) is 5.75 Å². The highest BCUT2D eigenvalue weighted by Gasteiger charge is 2.14. The molecule has 0 N–H and O–H groups in total. The summed E-state index contributed by atoms with van der Waals surface area (Å²) in [6.07, 6.45) is 0. The number of fused-ring (bicyclic) bond motifs is 1. The number of nitrogens with zero attached hydrogens (tertiary/aromatic N) is 1. The molecule has 0 fully saturated rings. The Labute approximate surface area is 131 Å². The summed E-state index contributed by atoms with van der Waals surface area (Å²) < 4.78 is 11.5. The van der Waals surface area contributed by atoms with Crippen LogP contribution in [0.15, 0.2) is 27.1 Å². The Kier molecular flexibility index (Phi) is 4.65. The van der Waals surface area contributed by atoms with E-state index in [0.717, 1.165) is 9.86 Å². The molecule has 0 bridgehead atoms. The molecule has 100 valence electrons. The molecule has 0 aliphatic rings. The Balaban J connectivity index is 2.52. The molecular formula is C12H8Br2ClNO3. The van der Waals surface area contributed by atoms with Gasteiger partial charge in [-0.25, -0.2) is 9.78 Å². The van der Waals surface area contributed by atoms with Crippen LogP contribution in [0.1, 0.15) is 0 Å². The zero-order chi connectivity index (χ0) is 14.0. The van der Waals surface area contributed by atoms with Gasteiger partial charge in [-0.3, -0.25) is 0 Å². The van der Waals surface area contributed by atoms with Crippen molar-refractivity contribution in [2.45, 2.75) is 0 Å². The van der Waals surface area contributed by atoms with Gasteiger partial charge in [0.25, 0.3) is 0 Å². The number of hydrogen-bond donors (Lipinski definition) is 0. The van der Waals surface area contributed by atoms with Crippen LogP contribution in [0.4, 0.5) is 0 Å².